The van der Waals surface area contributed by atoms with E-state index in [-0.39, 0.29) is 0 Å². The van der Waals surface area contributed by atoms with Crippen molar-refractivity contribution in [2.75, 3.05) is 5.43 Å². The molecule has 0 spiro atoms. The van der Waals surface area contributed by atoms with Gasteiger partial charge in [0.25, 0.3) is 0 Å². The summed E-state index contributed by atoms with van der Waals surface area (Å²) in [5, 5.41) is 5.59. The van der Waals surface area contributed by atoms with E-state index in [1.807, 2.05) is 42.6 Å². The van der Waals surface area contributed by atoms with Crippen LogP contribution in [0.15, 0.2) is 72.4 Å². The summed E-state index contributed by atoms with van der Waals surface area (Å²) in [6.45, 7) is 6.76. The molecule has 0 aliphatic heterocycles. The molecule has 2 aromatic carbocycles. The van der Waals surface area contributed by atoms with Crippen LogP contribution in [-0.4, -0.2) is 10.8 Å². The Balaban J connectivity index is 1.96. The van der Waals surface area contributed by atoms with Crippen molar-refractivity contribution in [2.24, 2.45) is 5.10 Å². The first-order valence-electron chi connectivity index (χ1n) is 7.34. The van der Waals surface area contributed by atoms with Crippen LogP contribution >= 0.6 is 0 Å². The zero-order chi connectivity index (χ0) is 15.4. The van der Waals surface area contributed by atoms with Crippen LogP contribution in [0.1, 0.15) is 11.3 Å². The van der Waals surface area contributed by atoms with E-state index in [9.17, 15) is 0 Å². The zero-order valence-electron chi connectivity index (χ0n) is 12.7. The van der Waals surface area contributed by atoms with E-state index in [1.54, 1.807) is 0 Å². The average molecular weight is 289 g/mol. The molecular formula is C19H19N3. The normalized spacial score (nSPS) is 11.1. The van der Waals surface area contributed by atoms with Crippen molar-refractivity contribution in [1.29, 1.82) is 0 Å². The van der Waals surface area contributed by atoms with Crippen LogP contribution in [0.2, 0.25) is 0 Å². The number of anilines is 1. The maximum Gasteiger partial charge on any atom is 0.0569 e. The van der Waals surface area contributed by atoms with E-state index in [1.165, 1.54) is 16.6 Å². The second-order valence-corrected chi connectivity index (χ2v) is 5.15. The van der Waals surface area contributed by atoms with Gasteiger partial charge in [-0.15, -0.1) is 6.58 Å². The largest absolute Gasteiger partial charge is 0.340 e. The first-order chi connectivity index (χ1) is 10.8. The number of nitrogens with zero attached hydrogens (tertiary/aromatic N) is 2. The summed E-state index contributed by atoms with van der Waals surface area (Å²) in [4.78, 5) is 0. The van der Waals surface area contributed by atoms with Gasteiger partial charge in [-0.1, -0.05) is 42.5 Å². The Bertz CT molecular complexity index is 813. The molecule has 1 heterocycles. The Hall–Kier alpha value is -2.81. The highest BCUT2D eigenvalue weighted by molar-refractivity contribution is 6.01. The number of hydrogen-bond acceptors (Lipinski definition) is 2. The SMILES string of the molecule is C=CCn1c(C)c(/C=N\Nc2ccccc2)c2ccccc21. The van der Waals surface area contributed by atoms with Crippen molar-refractivity contribution >= 4 is 22.8 Å². The predicted octanol–water partition coefficient (Wildman–Crippen LogP) is 4.58. The fourth-order valence-electron chi connectivity index (χ4n) is 2.67. The van der Waals surface area contributed by atoms with Crippen LogP contribution in [0.25, 0.3) is 10.9 Å². The van der Waals surface area contributed by atoms with Gasteiger partial charge in [0.05, 0.1) is 11.9 Å². The molecule has 3 aromatic rings. The molecule has 0 bridgehead atoms. The number of fused-ring (bicyclic) bond motifs is 1. The van der Waals surface area contributed by atoms with Crippen molar-refractivity contribution in [3.63, 3.8) is 0 Å². The summed E-state index contributed by atoms with van der Waals surface area (Å²) in [7, 11) is 0. The van der Waals surface area contributed by atoms with Crippen molar-refractivity contribution in [2.45, 2.75) is 13.5 Å². The average Bonchev–Trinajstić information content (AvgIpc) is 2.82. The van der Waals surface area contributed by atoms with Crippen LogP contribution in [0.5, 0.6) is 0 Å². The maximum atomic E-state index is 4.38. The number of hydrazone groups is 1. The third kappa shape index (κ3) is 2.66. The van der Waals surface area contributed by atoms with E-state index in [0.717, 1.165) is 17.8 Å². The van der Waals surface area contributed by atoms with Crippen molar-refractivity contribution < 1.29 is 0 Å². The first kappa shape index (κ1) is 14.1. The molecule has 22 heavy (non-hydrogen) atoms. The standard InChI is InChI=1S/C19H19N3/c1-3-13-22-15(2)18(17-11-7-8-12-19(17)22)14-20-21-16-9-5-4-6-10-16/h3-12,14,21H,1,13H2,2H3/b20-14-. The molecule has 0 atom stereocenters. The molecule has 1 N–H and O–H groups in total. The lowest BCUT2D eigenvalue weighted by Crippen LogP contribution is -1.98. The highest BCUT2D eigenvalue weighted by atomic mass is 15.3. The highest BCUT2D eigenvalue weighted by Gasteiger charge is 2.10. The van der Waals surface area contributed by atoms with Crippen molar-refractivity contribution in [3.05, 3.63) is 78.5 Å². The minimum Gasteiger partial charge on any atom is -0.340 e. The molecule has 3 rings (SSSR count). The van der Waals surface area contributed by atoms with E-state index in [4.69, 9.17) is 0 Å². The Labute approximate surface area is 130 Å². The Morgan fingerprint density at radius 2 is 1.82 bits per heavy atom. The molecule has 3 heteroatoms. The van der Waals surface area contributed by atoms with Crippen LogP contribution < -0.4 is 5.43 Å². The molecule has 0 fully saturated rings. The van der Waals surface area contributed by atoms with Crippen LogP contribution in [0.3, 0.4) is 0 Å². The molecule has 0 amide bonds. The molecule has 1 aromatic heterocycles. The highest BCUT2D eigenvalue weighted by Crippen LogP contribution is 2.24. The third-order valence-corrected chi connectivity index (χ3v) is 3.75. The summed E-state index contributed by atoms with van der Waals surface area (Å²) in [6, 6.07) is 18.3. The molecule has 3 nitrogen and oxygen atoms in total. The maximum absolute atomic E-state index is 4.38. The van der Waals surface area contributed by atoms with E-state index < -0.39 is 0 Å². The van der Waals surface area contributed by atoms with Gasteiger partial charge in [-0.2, -0.15) is 5.10 Å². The molecule has 0 aliphatic carbocycles. The quantitative estimate of drug-likeness (QED) is 0.416. The summed E-state index contributed by atoms with van der Waals surface area (Å²) < 4.78 is 2.26. The molecular weight excluding hydrogens is 270 g/mol. The van der Waals surface area contributed by atoms with E-state index in [2.05, 4.69) is 52.9 Å². The van der Waals surface area contributed by atoms with Gasteiger partial charge in [-0.3, -0.25) is 5.43 Å². The smallest absolute Gasteiger partial charge is 0.0569 e. The summed E-state index contributed by atoms with van der Waals surface area (Å²) in [5.41, 5.74) is 7.59. The fraction of sp³-hybridized carbons (Fsp3) is 0.105. The number of rotatable bonds is 5. The molecule has 0 saturated carbocycles. The minimum absolute atomic E-state index is 0.798. The van der Waals surface area contributed by atoms with Gasteiger partial charge in [0.15, 0.2) is 0 Å². The fourth-order valence-corrected chi connectivity index (χ4v) is 2.67. The van der Waals surface area contributed by atoms with E-state index >= 15 is 0 Å². The van der Waals surface area contributed by atoms with Gasteiger partial charge in [-0.25, -0.2) is 0 Å². The van der Waals surface area contributed by atoms with Crippen LogP contribution in [-0.2, 0) is 6.54 Å². The van der Waals surface area contributed by atoms with Gasteiger partial charge in [0, 0.05) is 28.7 Å². The van der Waals surface area contributed by atoms with Gasteiger partial charge in [0.1, 0.15) is 0 Å². The number of hydrogen-bond donors (Lipinski definition) is 1. The van der Waals surface area contributed by atoms with Crippen LogP contribution in [0, 0.1) is 6.92 Å². The number of nitrogens with one attached hydrogen (secondary N) is 1. The number of allylic oxidation sites excluding steroid dienone is 1. The Kier molecular flexibility index (Phi) is 4.05. The van der Waals surface area contributed by atoms with Crippen LogP contribution in [0.4, 0.5) is 5.69 Å². The van der Waals surface area contributed by atoms with Crippen molar-refractivity contribution in [1.82, 2.24) is 4.57 Å². The lowest BCUT2D eigenvalue weighted by Gasteiger charge is -2.04. The number of benzene rings is 2. The summed E-state index contributed by atoms with van der Waals surface area (Å²) >= 11 is 0. The van der Waals surface area contributed by atoms with Gasteiger partial charge >= 0.3 is 0 Å². The van der Waals surface area contributed by atoms with Gasteiger partial charge < -0.3 is 4.57 Å². The topological polar surface area (TPSA) is 29.3 Å². The minimum atomic E-state index is 0.798. The predicted molar refractivity (Wildman–Crippen MR) is 94.5 cm³/mol. The first-order valence-corrected chi connectivity index (χ1v) is 7.34. The Morgan fingerprint density at radius 1 is 1.09 bits per heavy atom. The Morgan fingerprint density at radius 3 is 2.59 bits per heavy atom. The second kappa shape index (κ2) is 6.31. The molecule has 0 saturated heterocycles. The van der Waals surface area contributed by atoms with Crippen molar-refractivity contribution in [3.8, 4) is 0 Å². The van der Waals surface area contributed by atoms with Gasteiger partial charge in [0.2, 0.25) is 0 Å². The third-order valence-electron chi connectivity index (χ3n) is 3.75. The summed E-state index contributed by atoms with van der Waals surface area (Å²) in [5.74, 6) is 0. The molecule has 0 aliphatic rings. The van der Waals surface area contributed by atoms with Gasteiger partial charge in [-0.05, 0) is 25.1 Å². The zero-order valence-corrected chi connectivity index (χ0v) is 12.7. The molecule has 110 valence electrons. The second-order valence-electron chi connectivity index (χ2n) is 5.15. The summed E-state index contributed by atoms with van der Waals surface area (Å²) in [6.07, 6.45) is 3.81. The lowest BCUT2D eigenvalue weighted by atomic mass is 10.1. The molecule has 0 unspecified atom stereocenters. The number of aromatic nitrogens is 1. The van der Waals surface area contributed by atoms with E-state index in [0.29, 0.717) is 0 Å². The number of para-hydroxylation sites is 2. The lowest BCUT2D eigenvalue weighted by molar-refractivity contribution is 0.828. The monoisotopic (exact) mass is 289 g/mol. The molecule has 0 radical (unpaired) electrons.